The number of benzene rings is 2. The van der Waals surface area contributed by atoms with Gasteiger partial charge in [-0.15, -0.1) is 0 Å². The second kappa shape index (κ2) is 8.62. The zero-order valence-corrected chi connectivity index (χ0v) is 14.0. The molecule has 1 amide bonds. The third-order valence-corrected chi connectivity index (χ3v) is 3.63. The first-order chi connectivity index (χ1) is 12.4. The van der Waals surface area contributed by atoms with Crippen LogP contribution in [0.5, 0.6) is 5.75 Å². The predicted octanol–water partition coefficient (Wildman–Crippen LogP) is 2.80. The molecular formula is C19H17FN2O4. The second-order valence-electron chi connectivity index (χ2n) is 5.61. The van der Waals surface area contributed by atoms with E-state index >= 15 is 0 Å². The summed E-state index contributed by atoms with van der Waals surface area (Å²) >= 11 is 0. The maximum Gasteiger partial charge on any atom is 0.305 e. The Balaban J connectivity index is 2.06. The normalized spacial score (nSPS) is 12.5. The number of carbonyl (C=O) groups is 2. The molecule has 2 atom stereocenters. The zero-order valence-electron chi connectivity index (χ0n) is 14.0. The van der Waals surface area contributed by atoms with Gasteiger partial charge >= 0.3 is 5.97 Å². The van der Waals surface area contributed by atoms with E-state index in [9.17, 15) is 14.0 Å². The number of amides is 1. The third kappa shape index (κ3) is 5.31. The maximum atomic E-state index is 13.1. The molecule has 2 aromatic rings. The van der Waals surface area contributed by atoms with Crippen LogP contribution in [0.3, 0.4) is 0 Å². The van der Waals surface area contributed by atoms with Crippen molar-refractivity contribution in [2.24, 2.45) is 0 Å². The quantitative estimate of drug-likeness (QED) is 0.795. The van der Waals surface area contributed by atoms with Gasteiger partial charge in [0.15, 0.2) is 6.10 Å². The first kappa shape index (κ1) is 18.9. The SMILES string of the molecule is C[C@H](Oc1ccc(C#N)cc1)C(=O)N[C@H](CC(=O)O)c1ccc(F)cc1. The molecule has 0 fully saturated rings. The molecule has 0 aliphatic heterocycles. The number of nitrogens with zero attached hydrogens (tertiary/aromatic N) is 1. The number of carboxylic acids is 1. The Morgan fingerprint density at radius 3 is 2.35 bits per heavy atom. The number of hydrogen-bond donors (Lipinski definition) is 2. The standard InChI is InChI=1S/C19H17FN2O4/c1-12(26-16-8-2-13(11-21)3-9-16)19(25)22-17(10-18(23)24)14-4-6-15(20)7-5-14/h2-9,12,17H,10H2,1H3,(H,22,25)(H,23,24)/t12-,17+/m0/s1. The summed E-state index contributed by atoms with van der Waals surface area (Å²) in [6.07, 6.45) is -1.24. The number of nitriles is 1. The Kier molecular flexibility index (Phi) is 6.28. The summed E-state index contributed by atoms with van der Waals surface area (Å²) in [5, 5.41) is 20.4. The van der Waals surface area contributed by atoms with E-state index in [1.807, 2.05) is 6.07 Å². The van der Waals surface area contributed by atoms with Crippen molar-refractivity contribution >= 4 is 11.9 Å². The molecule has 0 heterocycles. The summed E-state index contributed by atoms with van der Waals surface area (Å²) in [7, 11) is 0. The third-order valence-electron chi connectivity index (χ3n) is 3.63. The lowest BCUT2D eigenvalue weighted by Crippen LogP contribution is -2.39. The van der Waals surface area contributed by atoms with Crippen molar-refractivity contribution in [3.8, 4) is 11.8 Å². The Morgan fingerprint density at radius 1 is 1.19 bits per heavy atom. The Labute approximate surface area is 149 Å². The van der Waals surface area contributed by atoms with Gasteiger partial charge in [0, 0.05) is 0 Å². The first-order valence-electron chi connectivity index (χ1n) is 7.83. The lowest BCUT2D eigenvalue weighted by Gasteiger charge is -2.21. The van der Waals surface area contributed by atoms with Crippen LogP contribution in [0.2, 0.25) is 0 Å². The molecule has 0 bridgehead atoms. The molecule has 0 aliphatic carbocycles. The van der Waals surface area contributed by atoms with Gasteiger partial charge in [0.05, 0.1) is 24.1 Å². The molecule has 2 N–H and O–H groups in total. The molecule has 0 saturated heterocycles. The van der Waals surface area contributed by atoms with Crippen molar-refractivity contribution in [2.45, 2.75) is 25.5 Å². The first-order valence-corrected chi connectivity index (χ1v) is 7.83. The molecule has 2 aromatic carbocycles. The van der Waals surface area contributed by atoms with Crippen LogP contribution in [0.15, 0.2) is 48.5 Å². The van der Waals surface area contributed by atoms with Crippen LogP contribution in [0, 0.1) is 17.1 Å². The summed E-state index contributed by atoms with van der Waals surface area (Å²) in [5.74, 6) is -1.65. The average Bonchev–Trinajstić information content (AvgIpc) is 2.62. The zero-order chi connectivity index (χ0) is 19.1. The molecular weight excluding hydrogens is 339 g/mol. The highest BCUT2D eigenvalue weighted by Crippen LogP contribution is 2.19. The van der Waals surface area contributed by atoms with E-state index in [1.54, 1.807) is 24.3 Å². The summed E-state index contributed by atoms with van der Waals surface area (Å²) < 4.78 is 18.6. The number of nitrogens with one attached hydrogen (secondary N) is 1. The van der Waals surface area contributed by atoms with Gasteiger partial charge in [0.25, 0.3) is 5.91 Å². The van der Waals surface area contributed by atoms with Gasteiger partial charge in [-0.25, -0.2) is 4.39 Å². The van der Waals surface area contributed by atoms with E-state index in [4.69, 9.17) is 15.1 Å². The van der Waals surface area contributed by atoms with Gasteiger partial charge in [-0.2, -0.15) is 5.26 Å². The largest absolute Gasteiger partial charge is 0.481 e. The van der Waals surface area contributed by atoms with Gasteiger partial charge in [0.1, 0.15) is 11.6 Å². The Morgan fingerprint density at radius 2 is 1.81 bits per heavy atom. The van der Waals surface area contributed by atoms with Gasteiger partial charge in [-0.05, 0) is 48.9 Å². The number of carbonyl (C=O) groups excluding carboxylic acids is 1. The topological polar surface area (TPSA) is 99.4 Å². The van der Waals surface area contributed by atoms with Crippen LogP contribution in [0.1, 0.15) is 30.5 Å². The van der Waals surface area contributed by atoms with Gasteiger partial charge in [0.2, 0.25) is 0 Å². The molecule has 0 saturated carbocycles. The smallest absolute Gasteiger partial charge is 0.305 e. The van der Waals surface area contributed by atoms with Gasteiger partial charge in [-0.3, -0.25) is 9.59 Å². The molecule has 134 valence electrons. The molecule has 0 spiro atoms. The number of rotatable bonds is 7. The van der Waals surface area contributed by atoms with E-state index in [0.717, 1.165) is 0 Å². The highest BCUT2D eigenvalue weighted by atomic mass is 19.1. The van der Waals surface area contributed by atoms with E-state index in [-0.39, 0.29) is 6.42 Å². The van der Waals surface area contributed by atoms with Crippen LogP contribution in [0.4, 0.5) is 4.39 Å². The van der Waals surface area contributed by atoms with Gasteiger partial charge in [-0.1, -0.05) is 12.1 Å². The number of hydrogen-bond acceptors (Lipinski definition) is 4. The molecule has 7 heteroatoms. The van der Waals surface area contributed by atoms with Crippen molar-refractivity contribution < 1.29 is 23.8 Å². The molecule has 0 aromatic heterocycles. The van der Waals surface area contributed by atoms with Crippen molar-refractivity contribution in [2.75, 3.05) is 0 Å². The monoisotopic (exact) mass is 356 g/mol. The minimum Gasteiger partial charge on any atom is -0.481 e. The number of ether oxygens (including phenoxy) is 1. The second-order valence-corrected chi connectivity index (χ2v) is 5.61. The van der Waals surface area contributed by atoms with Gasteiger partial charge < -0.3 is 15.2 Å². The highest BCUT2D eigenvalue weighted by Gasteiger charge is 2.22. The average molecular weight is 356 g/mol. The van der Waals surface area contributed by atoms with Crippen LogP contribution in [-0.4, -0.2) is 23.1 Å². The van der Waals surface area contributed by atoms with Crippen molar-refractivity contribution in [3.63, 3.8) is 0 Å². The molecule has 0 aliphatic rings. The summed E-state index contributed by atoms with van der Waals surface area (Å²) in [6, 6.07) is 12.7. The number of carboxylic acid groups (broad SMARTS) is 1. The molecule has 0 radical (unpaired) electrons. The summed E-state index contributed by atoms with van der Waals surface area (Å²) in [6.45, 7) is 1.52. The summed E-state index contributed by atoms with van der Waals surface area (Å²) in [5.41, 5.74) is 0.944. The fourth-order valence-electron chi connectivity index (χ4n) is 2.28. The molecule has 6 nitrogen and oxygen atoms in total. The van der Waals surface area contributed by atoms with E-state index in [1.165, 1.54) is 31.2 Å². The Hall–Kier alpha value is -3.40. The van der Waals surface area contributed by atoms with E-state index in [0.29, 0.717) is 16.9 Å². The lowest BCUT2D eigenvalue weighted by molar-refractivity contribution is -0.138. The van der Waals surface area contributed by atoms with Crippen LogP contribution in [0.25, 0.3) is 0 Å². The fraction of sp³-hybridized carbons (Fsp3) is 0.211. The minimum atomic E-state index is -1.10. The molecule has 26 heavy (non-hydrogen) atoms. The van der Waals surface area contributed by atoms with Crippen molar-refractivity contribution in [1.82, 2.24) is 5.32 Å². The molecule has 2 rings (SSSR count). The summed E-state index contributed by atoms with van der Waals surface area (Å²) in [4.78, 5) is 23.4. The number of aliphatic carboxylic acids is 1. The maximum absolute atomic E-state index is 13.1. The van der Waals surface area contributed by atoms with E-state index in [2.05, 4.69) is 5.32 Å². The Bertz CT molecular complexity index is 813. The van der Waals surface area contributed by atoms with Crippen LogP contribution >= 0.6 is 0 Å². The van der Waals surface area contributed by atoms with Crippen LogP contribution < -0.4 is 10.1 Å². The fourth-order valence-corrected chi connectivity index (χ4v) is 2.28. The predicted molar refractivity (Wildman–Crippen MR) is 90.8 cm³/mol. The van der Waals surface area contributed by atoms with Crippen LogP contribution in [-0.2, 0) is 9.59 Å². The molecule has 0 unspecified atom stereocenters. The highest BCUT2D eigenvalue weighted by molar-refractivity contribution is 5.82. The minimum absolute atomic E-state index is 0.346. The number of halogens is 1. The van der Waals surface area contributed by atoms with Crippen molar-refractivity contribution in [3.05, 3.63) is 65.5 Å². The lowest BCUT2D eigenvalue weighted by atomic mass is 10.0. The van der Waals surface area contributed by atoms with E-state index < -0.39 is 29.8 Å². The van der Waals surface area contributed by atoms with Crippen molar-refractivity contribution in [1.29, 1.82) is 5.26 Å².